The van der Waals surface area contributed by atoms with Gasteiger partial charge in [0.25, 0.3) is 6.01 Å². The lowest BCUT2D eigenvalue weighted by molar-refractivity contribution is 0.254. The van der Waals surface area contributed by atoms with Crippen molar-refractivity contribution in [2.24, 2.45) is 0 Å². The predicted molar refractivity (Wildman–Crippen MR) is 87.3 cm³/mol. The highest BCUT2D eigenvalue weighted by Crippen LogP contribution is 2.28. The molecule has 2 aromatic heterocycles. The largest absolute Gasteiger partial charge is 0.462 e. The third kappa shape index (κ3) is 4.12. The molecule has 1 N–H and O–H groups in total. The first-order chi connectivity index (χ1) is 12.5. The fraction of sp³-hybridized carbons (Fsp3) is 0.200. The van der Waals surface area contributed by atoms with Crippen LogP contribution in [-0.2, 0) is 0 Å². The molecule has 1 aromatic carbocycles. The number of nitrogens with zero attached hydrogens (tertiary/aromatic N) is 4. The number of aromatic amines is 1. The average Bonchev–Trinajstić information content (AvgIpc) is 3.00. The van der Waals surface area contributed by atoms with Crippen molar-refractivity contribution in [3.8, 4) is 23.2 Å². The summed E-state index contributed by atoms with van der Waals surface area (Å²) in [6, 6.07) is 8.46. The van der Waals surface area contributed by atoms with E-state index in [1.807, 2.05) is 6.07 Å². The monoisotopic (exact) mass is 385 g/mol. The summed E-state index contributed by atoms with van der Waals surface area (Å²) in [4.78, 5) is 18.5. The zero-order chi connectivity index (χ0) is 19.1. The second-order valence-electron chi connectivity index (χ2n) is 4.56. The van der Waals surface area contributed by atoms with E-state index < -0.39 is 19.3 Å². The highest BCUT2D eigenvalue weighted by atomic mass is 35.5. The first-order valence-corrected chi connectivity index (χ1v) is 7.43. The van der Waals surface area contributed by atoms with Gasteiger partial charge in [-0.3, -0.25) is 4.98 Å². The molecule has 11 heteroatoms. The number of halogens is 4. The summed E-state index contributed by atoms with van der Waals surface area (Å²) in [5.41, 5.74) is 0.533. The molecule has 0 fully saturated rings. The van der Waals surface area contributed by atoms with Crippen LogP contribution in [0.3, 0.4) is 0 Å². The van der Waals surface area contributed by atoms with Crippen molar-refractivity contribution >= 4 is 17.2 Å². The number of nitriles is 1. The lowest BCUT2D eigenvalue weighted by Gasteiger charge is -2.03. The third-order valence-corrected chi connectivity index (χ3v) is 3.28. The van der Waals surface area contributed by atoms with Crippen LogP contribution in [0.25, 0.3) is 16.8 Å². The number of alkyl halides is 3. The SMILES string of the molecule is FCF.N#Cc1nn2c(=O)[nH]c(OCCF)nc2c1-c1ccc(Cl)cc1. The van der Waals surface area contributed by atoms with Gasteiger partial charge in [0.15, 0.2) is 11.3 Å². The highest BCUT2D eigenvalue weighted by Gasteiger charge is 2.19. The Bertz CT molecular complexity index is 982. The quantitative estimate of drug-likeness (QED) is 0.745. The fourth-order valence-electron chi connectivity index (χ4n) is 2.09. The van der Waals surface area contributed by atoms with Gasteiger partial charge in [0.05, 0.1) is 5.56 Å². The fourth-order valence-corrected chi connectivity index (χ4v) is 2.21. The van der Waals surface area contributed by atoms with Crippen molar-refractivity contribution in [2.75, 3.05) is 20.2 Å². The zero-order valence-corrected chi connectivity index (χ0v) is 13.8. The Morgan fingerprint density at radius 2 is 1.92 bits per heavy atom. The van der Waals surface area contributed by atoms with E-state index in [0.29, 0.717) is 16.1 Å². The molecule has 0 unspecified atom stereocenters. The standard InChI is InChI=1S/C14H9ClFN5O2.CH2F2/c15-9-3-1-8(2-4-9)11-10(7-17)20-21-12(11)18-13(19-14(21)22)23-6-5-16;2-1-3/h1-4H,5-6H2,(H,18,19,22);1H2. The van der Waals surface area contributed by atoms with Gasteiger partial charge in [-0.05, 0) is 17.7 Å². The van der Waals surface area contributed by atoms with Gasteiger partial charge in [0.2, 0.25) is 6.93 Å². The number of aromatic nitrogens is 4. The maximum absolute atomic E-state index is 12.2. The molecule has 136 valence electrons. The third-order valence-electron chi connectivity index (χ3n) is 3.03. The van der Waals surface area contributed by atoms with Crippen LogP contribution in [0.1, 0.15) is 5.69 Å². The summed E-state index contributed by atoms with van der Waals surface area (Å²) in [6.07, 6.45) is 0. The van der Waals surface area contributed by atoms with Gasteiger partial charge < -0.3 is 4.74 Å². The smallest absolute Gasteiger partial charge is 0.352 e. The van der Waals surface area contributed by atoms with Crippen molar-refractivity contribution in [3.05, 3.63) is 45.5 Å². The van der Waals surface area contributed by atoms with Crippen molar-refractivity contribution in [3.63, 3.8) is 0 Å². The molecule has 7 nitrogen and oxygen atoms in total. The first-order valence-electron chi connectivity index (χ1n) is 7.05. The topological polar surface area (TPSA) is 96.1 Å². The molecule has 3 rings (SSSR count). The lowest BCUT2D eigenvalue weighted by Crippen LogP contribution is -2.20. The second-order valence-corrected chi connectivity index (χ2v) is 5.00. The Balaban J connectivity index is 0.000000758. The molecule has 0 amide bonds. The number of fused-ring (bicyclic) bond motifs is 1. The van der Waals surface area contributed by atoms with Gasteiger partial charge in [0.1, 0.15) is 19.4 Å². The van der Waals surface area contributed by atoms with Gasteiger partial charge in [0, 0.05) is 5.02 Å². The molecule has 0 spiro atoms. The first kappa shape index (κ1) is 19.3. The molecule has 0 aliphatic carbocycles. The summed E-state index contributed by atoms with van der Waals surface area (Å²) in [5, 5.41) is 13.7. The number of benzene rings is 1. The summed E-state index contributed by atoms with van der Waals surface area (Å²) in [5.74, 6) is 0. The summed E-state index contributed by atoms with van der Waals surface area (Å²) in [7, 11) is 0. The van der Waals surface area contributed by atoms with Crippen LogP contribution in [0.15, 0.2) is 29.1 Å². The molecular formula is C15H11ClF3N5O2. The summed E-state index contributed by atoms with van der Waals surface area (Å²) < 4.78 is 37.4. The number of hydrogen-bond donors (Lipinski definition) is 1. The Morgan fingerprint density at radius 3 is 2.50 bits per heavy atom. The lowest BCUT2D eigenvalue weighted by atomic mass is 10.1. The molecule has 0 aliphatic rings. The molecule has 0 saturated heterocycles. The van der Waals surface area contributed by atoms with Gasteiger partial charge in [-0.1, -0.05) is 23.7 Å². The van der Waals surface area contributed by atoms with E-state index >= 15 is 0 Å². The average molecular weight is 386 g/mol. The van der Waals surface area contributed by atoms with Crippen LogP contribution >= 0.6 is 11.6 Å². The van der Waals surface area contributed by atoms with Crippen LogP contribution in [-0.4, -0.2) is 39.8 Å². The van der Waals surface area contributed by atoms with Gasteiger partial charge in [-0.2, -0.15) is 19.9 Å². The predicted octanol–water partition coefficient (Wildman–Crippen LogP) is 2.84. The number of hydrogen-bond acceptors (Lipinski definition) is 5. The van der Waals surface area contributed by atoms with Crippen LogP contribution < -0.4 is 10.4 Å². The molecule has 2 heterocycles. The van der Waals surface area contributed by atoms with E-state index in [1.165, 1.54) is 0 Å². The molecule has 0 aliphatic heterocycles. The van der Waals surface area contributed by atoms with Crippen LogP contribution in [0.4, 0.5) is 13.2 Å². The highest BCUT2D eigenvalue weighted by molar-refractivity contribution is 6.30. The molecule has 0 saturated carbocycles. The molecule has 0 atom stereocenters. The van der Waals surface area contributed by atoms with Crippen LogP contribution in [0, 0.1) is 11.3 Å². The Hall–Kier alpha value is -3.06. The van der Waals surface area contributed by atoms with Gasteiger partial charge >= 0.3 is 5.69 Å². The molecule has 3 aromatic rings. The van der Waals surface area contributed by atoms with Crippen molar-refractivity contribution in [1.29, 1.82) is 5.26 Å². The van der Waals surface area contributed by atoms with E-state index in [2.05, 4.69) is 15.1 Å². The second kappa shape index (κ2) is 8.87. The Labute approximate surface area is 149 Å². The minimum Gasteiger partial charge on any atom is -0.462 e. The van der Waals surface area contributed by atoms with Gasteiger partial charge in [-0.25, -0.2) is 18.0 Å². The Morgan fingerprint density at radius 1 is 1.27 bits per heavy atom. The maximum Gasteiger partial charge on any atom is 0.352 e. The van der Waals surface area contributed by atoms with E-state index in [4.69, 9.17) is 16.3 Å². The molecule has 0 radical (unpaired) electrons. The molecule has 26 heavy (non-hydrogen) atoms. The summed E-state index contributed by atoms with van der Waals surface area (Å²) in [6.45, 7) is -2.71. The normalized spacial score (nSPS) is 10.1. The number of H-pyrrole nitrogens is 1. The minimum atomic E-state index is -1.75. The van der Waals surface area contributed by atoms with Gasteiger partial charge in [-0.15, -0.1) is 0 Å². The number of rotatable bonds is 4. The van der Waals surface area contributed by atoms with Crippen LogP contribution in [0.5, 0.6) is 6.01 Å². The molecule has 0 bridgehead atoms. The zero-order valence-electron chi connectivity index (χ0n) is 13.0. The van der Waals surface area contributed by atoms with Crippen molar-refractivity contribution in [2.45, 2.75) is 0 Å². The summed E-state index contributed by atoms with van der Waals surface area (Å²) >= 11 is 5.86. The van der Waals surface area contributed by atoms with E-state index in [9.17, 15) is 23.2 Å². The number of nitrogens with one attached hydrogen (secondary N) is 1. The number of ether oxygens (including phenoxy) is 1. The Kier molecular flexibility index (Phi) is 6.57. The van der Waals surface area contributed by atoms with E-state index in [0.717, 1.165) is 4.52 Å². The van der Waals surface area contributed by atoms with Crippen LogP contribution in [0.2, 0.25) is 5.02 Å². The van der Waals surface area contributed by atoms with E-state index in [1.54, 1.807) is 24.3 Å². The van der Waals surface area contributed by atoms with E-state index in [-0.39, 0.29) is 24.0 Å². The molecular weight excluding hydrogens is 375 g/mol. The maximum atomic E-state index is 12.2. The van der Waals surface area contributed by atoms with Crippen molar-refractivity contribution < 1.29 is 17.9 Å². The van der Waals surface area contributed by atoms with Crippen molar-refractivity contribution in [1.82, 2.24) is 19.6 Å². The minimum absolute atomic E-state index is 0.0352.